The minimum absolute atomic E-state index is 0.0403. The van der Waals surface area contributed by atoms with Gasteiger partial charge in [-0.1, -0.05) is 12.1 Å². The zero-order chi connectivity index (χ0) is 24.7. The highest BCUT2D eigenvalue weighted by Crippen LogP contribution is 2.49. The van der Waals surface area contributed by atoms with Gasteiger partial charge >= 0.3 is 5.97 Å². The summed E-state index contributed by atoms with van der Waals surface area (Å²) in [5.41, 5.74) is 3.09. The van der Waals surface area contributed by atoms with Crippen molar-refractivity contribution in [1.29, 1.82) is 0 Å². The van der Waals surface area contributed by atoms with Crippen molar-refractivity contribution in [1.82, 2.24) is 0 Å². The predicted molar refractivity (Wildman–Crippen MR) is 135 cm³/mol. The van der Waals surface area contributed by atoms with Gasteiger partial charge in [0.25, 0.3) is 0 Å². The lowest BCUT2D eigenvalue weighted by molar-refractivity contribution is -0.117. The maximum absolute atomic E-state index is 13.0. The van der Waals surface area contributed by atoms with Gasteiger partial charge < -0.3 is 14.6 Å². The zero-order valence-electron chi connectivity index (χ0n) is 18.7. The third-order valence-corrected chi connectivity index (χ3v) is 7.76. The molecule has 1 aliphatic heterocycles. The molecule has 0 radical (unpaired) electrons. The van der Waals surface area contributed by atoms with Crippen molar-refractivity contribution in [2.75, 3.05) is 0 Å². The van der Waals surface area contributed by atoms with Crippen molar-refractivity contribution < 1.29 is 29.0 Å². The molecule has 0 amide bonds. The average molecular weight is 602 g/mol. The fraction of sp³-hybridized carbons (Fsp3) is 0.296. The van der Waals surface area contributed by atoms with Crippen LogP contribution in [0.4, 0.5) is 0 Å². The molecular weight excluding hydrogens is 580 g/mol. The molecule has 0 aromatic heterocycles. The van der Waals surface area contributed by atoms with E-state index >= 15 is 0 Å². The quantitative estimate of drug-likeness (QED) is 0.414. The molecule has 0 spiro atoms. The van der Waals surface area contributed by atoms with E-state index in [1.165, 1.54) is 0 Å². The molecular formula is C27H22Br2O6. The van der Waals surface area contributed by atoms with Crippen molar-refractivity contribution >= 4 is 49.4 Å². The molecule has 0 saturated carbocycles. The van der Waals surface area contributed by atoms with Crippen LogP contribution in [-0.2, 0) is 20.9 Å². The van der Waals surface area contributed by atoms with Crippen LogP contribution in [-0.4, -0.2) is 22.6 Å². The fourth-order valence-electron chi connectivity index (χ4n) is 4.93. The smallest absolute Gasteiger partial charge is 0.335 e. The Labute approximate surface area is 219 Å². The second-order valence-corrected chi connectivity index (χ2v) is 10.6. The first-order valence-corrected chi connectivity index (χ1v) is 13.1. The minimum atomic E-state index is -0.976. The second-order valence-electron chi connectivity index (χ2n) is 8.87. The van der Waals surface area contributed by atoms with Crippen molar-refractivity contribution in [2.24, 2.45) is 0 Å². The number of carbonyl (C=O) groups is 3. The van der Waals surface area contributed by atoms with E-state index in [1.54, 1.807) is 24.3 Å². The van der Waals surface area contributed by atoms with Gasteiger partial charge in [0.15, 0.2) is 11.6 Å². The summed E-state index contributed by atoms with van der Waals surface area (Å²) in [6, 6.07) is 10.3. The van der Waals surface area contributed by atoms with Crippen LogP contribution in [0.2, 0.25) is 0 Å². The van der Waals surface area contributed by atoms with Gasteiger partial charge in [0.05, 0.1) is 14.5 Å². The number of benzene rings is 2. The van der Waals surface area contributed by atoms with E-state index in [1.807, 2.05) is 12.1 Å². The minimum Gasteiger partial charge on any atom is -0.487 e. The van der Waals surface area contributed by atoms with Gasteiger partial charge in [-0.25, -0.2) is 4.79 Å². The first-order valence-electron chi connectivity index (χ1n) is 11.5. The molecule has 2 aliphatic carbocycles. The summed E-state index contributed by atoms with van der Waals surface area (Å²) in [5.74, 6) is 0.651. The highest BCUT2D eigenvalue weighted by Gasteiger charge is 2.42. The molecule has 3 aliphatic rings. The first-order chi connectivity index (χ1) is 16.8. The van der Waals surface area contributed by atoms with E-state index in [2.05, 4.69) is 31.9 Å². The Bertz CT molecular complexity index is 1240. The Morgan fingerprint density at radius 2 is 1.46 bits per heavy atom. The summed E-state index contributed by atoms with van der Waals surface area (Å²) in [5, 5.41) is 9.07. The van der Waals surface area contributed by atoms with Crippen LogP contribution in [0, 0.1) is 0 Å². The number of aromatic carboxylic acids is 1. The highest BCUT2D eigenvalue weighted by atomic mass is 79.9. The molecule has 0 saturated heterocycles. The van der Waals surface area contributed by atoms with Gasteiger partial charge in [-0.3, -0.25) is 9.59 Å². The molecule has 2 aromatic rings. The maximum Gasteiger partial charge on any atom is 0.335 e. The van der Waals surface area contributed by atoms with Gasteiger partial charge in [0.2, 0.25) is 0 Å². The van der Waals surface area contributed by atoms with E-state index in [9.17, 15) is 14.4 Å². The molecule has 8 heteroatoms. The summed E-state index contributed by atoms with van der Waals surface area (Å²) < 4.78 is 13.5. The number of rotatable bonds is 5. The van der Waals surface area contributed by atoms with Crippen LogP contribution in [0.1, 0.15) is 65.9 Å². The summed E-state index contributed by atoms with van der Waals surface area (Å²) in [6.45, 7) is 0.245. The standard InChI is InChI=1S/C27H22Br2O6/c28-17-11-16(12-18(29)26(17)34-13-14-7-9-15(10-8-14)27(32)33)23-24-19(30)3-1-5-21(24)35-22-6-2-4-20(31)25(22)23/h7-12,23H,1-6,13H2,(H,32,33). The lowest BCUT2D eigenvalue weighted by Crippen LogP contribution is -2.30. The van der Waals surface area contributed by atoms with Crippen molar-refractivity contribution in [3.05, 3.63) is 84.7 Å². The monoisotopic (exact) mass is 600 g/mol. The molecule has 5 rings (SSSR count). The topological polar surface area (TPSA) is 89.9 Å². The summed E-state index contributed by atoms with van der Waals surface area (Å²) >= 11 is 7.22. The summed E-state index contributed by atoms with van der Waals surface area (Å²) in [4.78, 5) is 37.1. The van der Waals surface area contributed by atoms with Gasteiger partial charge in [-0.05, 0) is 80.1 Å². The van der Waals surface area contributed by atoms with Crippen LogP contribution in [0.3, 0.4) is 0 Å². The van der Waals surface area contributed by atoms with Crippen LogP contribution in [0.15, 0.2) is 68.0 Å². The molecule has 35 heavy (non-hydrogen) atoms. The first kappa shape index (κ1) is 24.0. The number of ether oxygens (including phenoxy) is 2. The Morgan fingerprint density at radius 3 is 1.97 bits per heavy atom. The second kappa shape index (κ2) is 9.74. The van der Waals surface area contributed by atoms with Gasteiger partial charge in [-0.15, -0.1) is 0 Å². The number of hydrogen-bond donors (Lipinski definition) is 1. The Hall–Kier alpha value is -2.71. The fourth-order valence-corrected chi connectivity index (χ4v) is 6.38. The maximum atomic E-state index is 13.0. The molecule has 0 bridgehead atoms. The average Bonchev–Trinajstić information content (AvgIpc) is 2.83. The predicted octanol–water partition coefficient (Wildman–Crippen LogP) is 6.62. The van der Waals surface area contributed by atoms with E-state index < -0.39 is 11.9 Å². The normalized spacial score (nSPS) is 18.2. The van der Waals surface area contributed by atoms with Crippen LogP contribution in [0.5, 0.6) is 5.75 Å². The highest BCUT2D eigenvalue weighted by molar-refractivity contribution is 9.11. The molecule has 1 heterocycles. The summed E-state index contributed by atoms with van der Waals surface area (Å²) in [6.07, 6.45) is 3.84. The van der Waals surface area contributed by atoms with Crippen molar-refractivity contribution in [3.8, 4) is 5.75 Å². The molecule has 1 N–H and O–H groups in total. The lowest BCUT2D eigenvalue weighted by Gasteiger charge is -2.36. The van der Waals surface area contributed by atoms with E-state index in [-0.39, 0.29) is 23.7 Å². The number of carboxylic acid groups (broad SMARTS) is 1. The number of ketones is 2. The molecule has 180 valence electrons. The molecule has 0 atom stereocenters. The number of halogens is 2. The van der Waals surface area contributed by atoms with Crippen LogP contribution in [0.25, 0.3) is 0 Å². The third kappa shape index (κ3) is 4.61. The third-order valence-electron chi connectivity index (χ3n) is 6.58. The van der Waals surface area contributed by atoms with E-state index in [4.69, 9.17) is 14.6 Å². The SMILES string of the molecule is O=C1CCCC2=C1C(c1cc(Br)c(OCc3ccc(C(=O)O)cc3)c(Br)c1)C1=C(CCCC1=O)O2. The van der Waals surface area contributed by atoms with Gasteiger partial charge in [-0.2, -0.15) is 0 Å². The number of carbonyl (C=O) groups excluding carboxylic acids is 2. The van der Waals surface area contributed by atoms with Crippen LogP contribution >= 0.6 is 31.9 Å². The molecule has 0 fully saturated rings. The molecule has 0 unspecified atom stereocenters. The number of hydrogen-bond acceptors (Lipinski definition) is 5. The summed E-state index contributed by atoms with van der Waals surface area (Å²) in [7, 11) is 0. The molecule has 6 nitrogen and oxygen atoms in total. The Kier molecular flexibility index (Phi) is 6.68. The van der Waals surface area contributed by atoms with Gasteiger partial charge in [0.1, 0.15) is 23.9 Å². The van der Waals surface area contributed by atoms with E-state index in [0.29, 0.717) is 63.0 Å². The number of Topliss-reactive ketones (excluding diaryl/α,β-unsaturated/α-hetero) is 2. The Morgan fingerprint density at radius 1 is 0.914 bits per heavy atom. The zero-order valence-corrected chi connectivity index (χ0v) is 21.9. The van der Waals surface area contributed by atoms with Crippen molar-refractivity contribution in [3.63, 3.8) is 0 Å². The lowest BCUT2D eigenvalue weighted by atomic mass is 9.73. The molecule has 2 aromatic carbocycles. The largest absolute Gasteiger partial charge is 0.487 e. The van der Waals surface area contributed by atoms with Crippen LogP contribution < -0.4 is 4.74 Å². The Balaban J connectivity index is 1.48. The van der Waals surface area contributed by atoms with Crippen molar-refractivity contribution in [2.45, 2.75) is 51.0 Å². The van der Waals surface area contributed by atoms with Gasteiger partial charge in [0, 0.05) is 42.7 Å². The number of carboxylic acids is 1. The van der Waals surface area contributed by atoms with E-state index in [0.717, 1.165) is 24.0 Å². The number of allylic oxidation sites excluding steroid dienone is 4.